The standard InChI is InChI=1S/C14H23NO4S/c1-4-11-19-12-5-7-13(8-6-12)20(17,18)15-14(2,3)9-10-16/h5-8,15-16H,4,9-11H2,1-3H3. The lowest BCUT2D eigenvalue weighted by Crippen LogP contribution is -2.43. The predicted octanol–water partition coefficient (Wildman–Crippen LogP) is 1.91. The summed E-state index contributed by atoms with van der Waals surface area (Å²) in [6.45, 7) is 6.01. The van der Waals surface area contributed by atoms with Crippen LogP contribution in [0, 0.1) is 0 Å². The van der Waals surface area contributed by atoms with Crippen LogP contribution in [0.3, 0.4) is 0 Å². The van der Waals surface area contributed by atoms with E-state index in [0.29, 0.717) is 18.8 Å². The lowest BCUT2D eigenvalue weighted by atomic mass is 10.0. The maximum Gasteiger partial charge on any atom is 0.241 e. The monoisotopic (exact) mass is 301 g/mol. The summed E-state index contributed by atoms with van der Waals surface area (Å²) in [4.78, 5) is 0.187. The zero-order chi connectivity index (χ0) is 15.2. The Labute approximate surface area is 121 Å². The van der Waals surface area contributed by atoms with Crippen LogP contribution in [0.15, 0.2) is 29.2 Å². The third-order valence-electron chi connectivity index (χ3n) is 2.75. The van der Waals surface area contributed by atoms with Crippen LogP contribution < -0.4 is 9.46 Å². The number of ether oxygens (including phenoxy) is 1. The van der Waals surface area contributed by atoms with Gasteiger partial charge in [0, 0.05) is 12.1 Å². The number of aliphatic hydroxyl groups excluding tert-OH is 1. The van der Waals surface area contributed by atoms with Gasteiger partial charge in [0.15, 0.2) is 0 Å². The Hall–Kier alpha value is -1.11. The van der Waals surface area contributed by atoms with Crippen molar-refractivity contribution in [3.05, 3.63) is 24.3 Å². The van der Waals surface area contributed by atoms with Crippen LogP contribution in [0.4, 0.5) is 0 Å². The Bertz CT molecular complexity index is 508. The average Bonchev–Trinajstić information content (AvgIpc) is 2.35. The largest absolute Gasteiger partial charge is 0.494 e. The molecule has 20 heavy (non-hydrogen) atoms. The van der Waals surface area contributed by atoms with Crippen LogP contribution in [0.25, 0.3) is 0 Å². The molecular formula is C14H23NO4S. The minimum Gasteiger partial charge on any atom is -0.494 e. The van der Waals surface area contributed by atoms with E-state index in [1.807, 2.05) is 6.92 Å². The molecule has 5 nitrogen and oxygen atoms in total. The fourth-order valence-electron chi connectivity index (χ4n) is 1.69. The van der Waals surface area contributed by atoms with Crippen molar-refractivity contribution >= 4 is 10.0 Å². The van der Waals surface area contributed by atoms with Gasteiger partial charge in [-0.2, -0.15) is 0 Å². The van der Waals surface area contributed by atoms with Crippen molar-refractivity contribution in [2.24, 2.45) is 0 Å². The van der Waals surface area contributed by atoms with Gasteiger partial charge in [0.25, 0.3) is 0 Å². The summed E-state index contributed by atoms with van der Waals surface area (Å²) < 4.78 is 32.4. The molecule has 2 N–H and O–H groups in total. The van der Waals surface area contributed by atoms with Crippen LogP contribution in [0.5, 0.6) is 5.75 Å². The molecular weight excluding hydrogens is 278 g/mol. The molecule has 1 rings (SSSR count). The van der Waals surface area contributed by atoms with Crippen LogP contribution in [-0.4, -0.2) is 32.3 Å². The Morgan fingerprint density at radius 3 is 2.35 bits per heavy atom. The molecule has 0 atom stereocenters. The first-order chi connectivity index (χ1) is 9.30. The zero-order valence-corrected chi connectivity index (χ0v) is 13.0. The minimum atomic E-state index is -3.59. The topological polar surface area (TPSA) is 75.6 Å². The van der Waals surface area contributed by atoms with Crippen LogP contribution in [0.2, 0.25) is 0 Å². The number of rotatable bonds is 8. The molecule has 0 aliphatic heterocycles. The fraction of sp³-hybridized carbons (Fsp3) is 0.571. The molecule has 0 fully saturated rings. The maximum absolute atomic E-state index is 12.2. The highest BCUT2D eigenvalue weighted by Crippen LogP contribution is 2.19. The molecule has 0 aliphatic carbocycles. The highest BCUT2D eigenvalue weighted by atomic mass is 32.2. The number of aliphatic hydroxyl groups is 1. The second-order valence-corrected chi connectivity index (χ2v) is 6.97. The number of benzene rings is 1. The Balaban J connectivity index is 2.82. The van der Waals surface area contributed by atoms with E-state index in [1.54, 1.807) is 26.0 Å². The highest BCUT2D eigenvalue weighted by molar-refractivity contribution is 7.89. The van der Waals surface area contributed by atoms with Gasteiger partial charge in [-0.05, 0) is 51.0 Å². The van der Waals surface area contributed by atoms with E-state index in [9.17, 15) is 8.42 Å². The van der Waals surface area contributed by atoms with E-state index in [-0.39, 0.29) is 11.5 Å². The minimum absolute atomic E-state index is 0.0701. The summed E-state index contributed by atoms with van der Waals surface area (Å²) in [5, 5.41) is 8.94. The van der Waals surface area contributed by atoms with Crippen molar-refractivity contribution in [1.82, 2.24) is 4.72 Å². The van der Waals surface area contributed by atoms with Crippen molar-refractivity contribution in [3.63, 3.8) is 0 Å². The smallest absolute Gasteiger partial charge is 0.241 e. The first-order valence-electron chi connectivity index (χ1n) is 6.68. The zero-order valence-electron chi connectivity index (χ0n) is 12.2. The quantitative estimate of drug-likeness (QED) is 0.769. The number of hydrogen-bond donors (Lipinski definition) is 2. The first-order valence-corrected chi connectivity index (χ1v) is 8.17. The van der Waals surface area contributed by atoms with Crippen LogP contribution >= 0.6 is 0 Å². The van der Waals surface area contributed by atoms with Gasteiger partial charge >= 0.3 is 0 Å². The van der Waals surface area contributed by atoms with Gasteiger partial charge in [0.1, 0.15) is 5.75 Å². The Morgan fingerprint density at radius 1 is 1.25 bits per heavy atom. The van der Waals surface area contributed by atoms with E-state index in [0.717, 1.165) is 6.42 Å². The summed E-state index contributed by atoms with van der Waals surface area (Å²) in [6.07, 6.45) is 1.25. The summed E-state index contributed by atoms with van der Waals surface area (Å²) in [7, 11) is -3.59. The molecule has 0 saturated carbocycles. The van der Waals surface area contributed by atoms with Crippen LogP contribution in [0.1, 0.15) is 33.6 Å². The van der Waals surface area contributed by atoms with E-state index in [1.165, 1.54) is 12.1 Å². The van der Waals surface area contributed by atoms with E-state index in [2.05, 4.69) is 4.72 Å². The lowest BCUT2D eigenvalue weighted by Gasteiger charge is -2.25. The number of sulfonamides is 1. The predicted molar refractivity (Wildman–Crippen MR) is 78.3 cm³/mol. The van der Waals surface area contributed by atoms with Gasteiger partial charge in [-0.3, -0.25) is 0 Å². The van der Waals surface area contributed by atoms with Crippen molar-refractivity contribution in [1.29, 1.82) is 0 Å². The fourth-order valence-corrected chi connectivity index (χ4v) is 3.13. The molecule has 0 bridgehead atoms. The summed E-state index contributed by atoms with van der Waals surface area (Å²) in [5.41, 5.74) is -0.690. The van der Waals surface area contributed by atoms with E-state index in [4.69, 9.17) is 9.84 Å². The molecule has 1 aromatic carbocycles. The van der Waals surface area contributed by atoms with Gasteiger partial charge in [-0.15, -0.1) is 0 Å². The van der Waals surface area contributed by atoms with Gasteiger partial charge < -0.3 is 9.84 Å². The molecule has 0 heterocycles. The molecule has 114 valence electrons. The molecule has 6 heteroatoms. The van der Waals surface area contributed by atoms with Crippen LogP contribution in [-0.2, 0) is 10.0 Å². The molecule has 0 saturated heterocycles. The third kappa shape index (κ3) is 5.11. The molecule has 0 aliphatic rings. The normalized spacial score (nSPS) is 12.4. The molecule has 0 amide bonds. The summed E-state index contributed by atoms with van der Waals surface area (Å²) in [5.74, 6) is 0.653. The van der Waals surface area contributed by atoms with Crippen molar-refractivity contribution in [3.8, 4) is 5.75 Å². The Kier molecular flexibility index (Phi) is 5.98. The number of hydrogen-bond acceptors (Lipinski definition) is 4. The van der Waals surface area contributed by atoms with Gasteiger partial charge in [0.2, 0.25) is 10.0 Å². The van der Waals surface area contributed by atoms with Gasteiger partial charge in [0.05, 0.1) is 11.5 Å². The first kappa shape index (κ1) is 16.9. The highest BCUT2D eigenvalue weighted by Gasteiger charge is 2.25. The third-order valence-corrected chi connectivity index (χ3v) is 4.47. The van der Waals surface area contributed by atoms with Crippen molar-refractivity contribution in [2.45, 2.75) is 44.0 Å². The lowest BCUT2D eigenvalue weighted by molar-refractivity contribution is 0.246. The second kappa shape index (κ2) is 7.06. The SMILES string of the molecule is CCCOc1ccc(S(=O)(=O)NC(C)(C)CCO)cc1. The van der Waals surface area contributed by atoms with E-state index < -0.39 is 15.6 Å². The number of nitrogens with one attached hydrogen (secondary N) is 1. The van der Waals surface area contributed by atoms with Gasteiger partial charge in [-0.25, -0.2) is 13.1 Å². The van der Waals surface area contributed by atoms with E-state index >= 15 is 0 Å². The maximum atomic E-state index is 12.2. The summed E-state index contributed by atoms with van der Waals surface area (Å²) in [6, 6.07) is 6.32. The molecule has 0 spiro atoms. The molecule has 0 unspecified atom stereocenters. The average molecular weight is 301 g/mol. The van der Waals surface area contributed by atoms with Crippen molar-refractivity contribution < 1.29 is 18.3 Å². The molecule has 1 aromatic rings. The Morgan fingerprint density at radius 2 is 1.85 bits per heavy atom. The second-order valence-electron chi connectivity index (χ2n) is 5.28. The molecule has 0 aromatic heterocycles. The van der Waals surface area contributed by atoms with Gasteiger partial charge in [-0.1, -0.05) is 6.92 Å². The van der Waals surface area contributed by atoms with Crippen molar-refractivity contribution in [2.75, 3.05) is 13.2 Å². The molecule has 0 radical (unpaired) electrons. The summed E-state index contributed by atoms with van der Waals surface area (Å²) >= 11 is 0.